The molecule has 7 aliphatic rings. The molecule has 0 saturated carbocycles. The molecule has 1 aliphatic carbocycles. The van der Waals surface area contributed by atoms with Crippen molar-refractivity contribution in [2.75, 3.05) is 41.4 Å². The zero-order valence-electron chi connectivity index (χ0n) is 48.9. The van der Waals surface area contributed by atoms with Gasteiger partial charge in [0.15, 0.2) is 0 Å². The summed E-state index contributed by atoms with van der Waals surface area (Å²) >= 11 is 0. The van der Waals surface area contributed by atoms with Crippen LogP contribution in [0.4, 0.5) is 0 Å². The third-order valence-electron chi connectivity index (χ3n) is 19.4. The highest BCUT2D eigenvalue weighted by atomic mass is 16.5. The number of likely N-dealkylation sites (N-methyl/N-ethyl adjacent to an activating group) is 2. The number of hydrogen-bond acceptors (Lipinski definition) is 13. The van der Waals surface area contributed by atoms with Crippen LogP contribution >= 0.6 is 0 Å². The molecule has 414 valence electrons. The van der Waals surface area contributed by atoms with E-state index in [9.17, 15) is 34.8 Å². The molecule has 0 radical (unpaired) electrons. The van der Waals surface area contributed by atoms with Gasteiger partial charge in [0.2, 0.25) is 23.4 Å². The predicted octanol–water partition coefficient (Wildman–Crippen LogP) is 7.70. The number of carbonyl (C=O) groups excluding carboxylic acids is 4. The summed E-state index contributed by atoms with van der Waals surface area (Å²) in [5, 5.41) is 38.6. The van der Waals surface area contributed by atoms with Gasteiger partial charge < -0.3 is 25.2 Å². The largest absolute Gasteiger partial charge is 0.507 e. The fourth-order valence-electron chi connectivity index (χ4n) is 15.3. The number of Topliss-reactive ketones (excluding diaryl/α,β-unsaturated/α-hetero) is 2. The molecule has 15 heteroatoms. The molecule has 0 unspecified atom stereocenters. The Bertz CT molecular complexity index is 3210. The van der Waals surface area contributed by atoms with Crippen LogP contribution in [-0.2, 0) is 38.4 Å². The number of methoxy groups -OCH3 is 2. The van der Waals surface area contributed by atoms with Crippen molar-refractivity contribution in [1.82, 2.24) is 30.2 Å². The zero-order valence-corrected chi connectivity index (χ0v) is 48.9. The maximum absolute atomic E-state index is 13.5. The van der Waals surface area contributed by atoms with Crippen LogP contribution in [-0.4, -0.2) is 132 Å². The summed E-state index contributed by atoms with van der Waals surface area (Å²) in [6, 6.07) is 7.74. The molecule has 0 aromatic heterocycles. The molecule has 2 amide bonds. The zero-order chi connectivity index (χ0) is 57.0. The van der Waals surface area contributed by atoms with Crippen LogP contribution < -0.4 is 20.1 Å². The number of carbonyl (C=O) groups is 4. The fourth-order valence-corrected chi connectivity index (χ4v) is 15.3. The maximum atomic E-state index is 13.5. The van der Waals surface area contributed by atoms with Crippen LogP contribution in [0.15, 0.2) is 34.6 Å². The Hall–Kier alpha value is -6.36. The average molecular weight is 1060 g/mol. The highest BCUT2D eigenvalue weighted by Crippen LogP contribution is 2.55. The summed E-state index contributed by atoms with van der Waals surface area (Å²) in [6.07, 6.45) is 2.65. The second-order valence-corrected chi connectivity index (χ2v) is 23.9. The molecular weight excluding hydrogens is 981 g/mol. The topological polar surface area (TPSA) is 192 Å². The predicted molar refractivity (Wildman–Crippen MR) is 299 cm³/mol. The lowest BCUT2D eigenvalue weighted by molar-refractivity contribution is -0.134. The van der Waals surface area contributed by atoms with Crippen LogP contribution in [0, 0.1) is 89.9 Å². The van der Waals surface area contributed by atoms with Gasteiger partial charge in [0, 0.05) is 65.8 Å². The van der Waals surface area contributed by atoms with Crippen molar-refractivity contribution in [2.24, 2.45) is 11.8 Å². The molecule has 6 aliphatic heterocycles. The Morgan fingerprint density at radius 3 is 1.50 bits per heavy atom. The summed E-state index contributed by atoms with van der Waals surface area (Å²) < 4.78 is 11.7. The number of ether oxygens (including phenoxy) is 2. The van der Waals surface area contributed by atoms with Gasteiger partial charge in [0.25, 0.3) is 0 Å². The maximum Gasteiger partial charge on any atom is 0.232 e. The number of aliphatic hydroxyl groups is 1. The van der Waals surface area contributed by atoms with Gasteiger partial charge in [-0.2, -0.15) is 10.5 Å². The Morgan fingerprint density at radius 2 is 1.05 bits per heavy atom. The third kappa shape index (κ3) is 8.57. The van der Waals surface area contributed by atoms with Crippen molar-refractivity contribution >= 4 is 23.4 Å². The lowest BCUT2D eigenvalue weighted by atomic mass is 9.69. The standard InChI is InChI=1S/C33H44N4O2.C30H36N4O5/c1-16(2)33(38)35-15-28-30-21(7)19(5)18(4)20(6)24(30)13-26-31-29-22(8)32(39-10)17(3)11-23(29)12-25(36(31)9)27(14-34)37(26)28;1-13(2)30(38)32-12-22-24-18(26(35)16(5)27(36)28(24)37)10-20-25-23-15(4)29(39-7)14(3)8-17(23)9-19(33(25)6)21(11-31)34(20)22/h11,16,25-28,31H,12-13,15H2,1-10H3,(H,35,38);8,13,19-22,25,35H,9-10,12H2,1-7H3,(H,32,38)/t25-,26-,27-,28-,31-;19-,20-,21-,22-,25-/m00/s1. The Balaban J connectivity index is 0.000000190. The second-order valence-electron chi connectivity index (χ2n) is 23.9. The van der Waals surface area contributed by atoms with E-state index in [0.29, 0.717) is 25.0 Å². The molecule has 2 saturated heterocycles. The van der Waals surface area contributed by atoms with Crippen molar-refractivity contribution in [2.45, 2.75) is 176 Å². The van der Waals surface area contributed by atoms with Crippen LogP contribution in [0.2, 0.25) is 0 Å². The molecule has 4 bridgehead atoms. The van der Waals surface area contributed by atoms with Crippen LogP contribution in [0.25, 0.3) is 0 Å². The Labute approximate surface area is 461 Å². The van der Waals surface area contributed by atoms with Crippen molar-refractivity contribution in [3.8, 4) is 23.6 Å². The van der Waals surface area contributed by atoms with E-state index in [1.54, 1.807) is 28.1 Å². The summed E-state index contributed by atoms with van der Waals surface area (Å²) in [7, 11) is 7.66. The number of piperazine rings is 2. The SMILES string of the molecule is COc1c(C)cc2c(c1C)[C@@H]1[C@@H]3CC4=C(C(=O)C(=O)C(C)=C4O)[C@H](CNC(=O)C(C)C)N3[C@@H](C#N)[C@H](C2)N1C.COc1c(C)cc2c(c1C)[C@@H]1[C@@H]3Cc4c(C)c(C)c(C)c(C)c4[C@H](CNC(=O)C(C)C)N3[C@@H](C#N)[C@H](C2)N1C. The number of benzene rings is 3. The van der Waals surface area contributed by atoms with Crippen LogP contribution in [0.5, 0.6) is 11.5 Å². The number of aryl methyl sites for hydroxylation is 2. The molecule has 6 heterocycles. The number of allylic oxidation sites excluding steroid dienone is 2. The van der Waals surface area contributed by atoms with Crippen LogP contribution in [0.3, 0.4) is 0 Å². The van der Waals surface area contributed by atoms with E-state index >= 15 is 0 Å². The highest BCUT2D eigenvalue weighted by molar-refractivity contribution is 6.50. The quantitative estimate of drug-likeness (QED) is 0.147. The van der Waals surface area contributed by atoms with E-state index in [4.69, 9.17) is 9.47 Å². The van der Waals surface area contributed by atoms with Gasteiger partial charge in [-0.25, -0.2) is 0 Å². The number of aliphatic hydroxyl groups excluding tert-OH is 1. The average Bonchev–Trinajstić information content (AvgIpc) is 3.52. The smallest absolute Gasteiger partial charge is 0.232 e. The molecular formula is C63H80N8O7. The molecule has 3 aromatic carbocycles. The molecule has 10 rings (SSSR count). The van der Waals surface area contributed by atoms with E-state index < -0.39 is 23.7 Å². The lowest BCUT2D eigenvalue weighted by Crippen LogP contribution is -2.71. The number of ketones is 2. The first-order chi connectivity index (χ1) is 36.9. The number of rotatable bonds is 8. The second kappa shape index (κ2) is 21.0. The molecule has 0 spiro atoms. The van der Waals surface area contributed by atoms with Gasteiger partial charge in [-0.05, 0) is 180 Å². The summed E-state index contributed by atoms with van der Waals surface area (Å²) in [4.78, 5) is 61.0. The number of amides is 2. The molecule has 3 aromatic rings. The van der Waals surface area contributed by atoms with Gasteiger partial charge in [-0.15, -0.1) is 0 Å². The molecule has 10 atom stereocenters. The Kier molecular flexibility index (Phi) is 15.2. The molecule has 3 N–H and O–H groups in total. The monoisotopic (exact) mass is 1060 g/mol. The number of fused-ring (bicyclic) bond motifs is 13. The Morgan fingerprint density at radius 1 is 0.615 bits per heavy atom. The van der Waals surface area contributed by atoms with E-state index in [1.165, 1.54) is 62.6 Å². The minimum atomic E-state index is -0.742. The third-order valence-corrected chi connectivity index (χ3v) is 19.4. The number of nitriles is 2. The molecule has 78 heavy (non-hydrogen) atoms. The molecule has 2 fully saturated rings. The minimum Gasteiger partial charge on any atom is -0.507 e. The van der Waals surface area contributed by atoms with Crippen molar-refractivity contribution in [3.05, 3.63) is 112 Å². The summed E-state index contributed by atoms with van der Waals surface area (Å²) in [6.45, 7) is 26.8. The van der Waals surface area contributed by atoms with Gasteiger partial charge in [0.1, 0.15) is 29.3 Å². The van der Waals surface area contributed by atoms with Crippen LogP contribution in [0.1, 0.15) is 137 Å². The summed E-state index contributed by atoms with van der Waals surface area (Å²) in [5.74, 6) is -0.285. The first-order valence-corrected chi connectivity index (χ1v) is 27.9. The van der Waals surface area contributed by atoms with Gasteiger partial charge in [-0.3, -0.25) is 38.8 Å². The number of nitrogens with one attached hydrogen (secondary N) is 2. The van der Waals surface area contributed by atoms with Crippen molar-refractivity contribution in [3.63, 3.8) is 0 Å². The number of nitrogens with zero attached hydrogens (tertiary/aromatic N) is 6. The lowest BCUT2D eigenvalue weighted by Gasteiger charge is -2.60. The van der Waals surface area contributed by atoms with Gasteiger partial charge in [-0.1, -0.05) is 39.8 Å². The first-order valence-electron chi connectivity index (χ1n) is 27.9. The molecule has 15 nitrogen and oxygen atoms in total. The number of hydrogen-bond donors (Lipinski definition) is 3. The fraction of sp³-hybridized carbons (Fsp3) is 0.556. The highest BCUT2D eigenvalue weighted by Gasteiger charge is 2.58. The van der Waals surface area contributed by atoms with Crippen molar-refractivity contribution in [1.29, 1.82) is 10.5 Å². The minimum absolute atomic E-state index is 0.0357. The van der Waals surface area contributed by atoms with Gasteiger partial charge in [0.05, 0.1) is 50.5 Å². The first kappa shape index (κ1) is 56.4. The van der Waals surface area contributed by atoms with E-state index in [0.717, 1.165) is 46.6 Å². The van der Waals surface area contributed by atoms with Gasteiger partial charge >= 0.3 is 0 Å². The van der Waals surface area contributed by atoms with E-state index in [1.807, 2.05) is 32.7 Å². The summed E-state index contributed by atoms with van der Waals surface area (Å²) in [5.41, 5.74) is 18.1. The van der Waals surface area contributed by atoms with Crippen molar-refractivity contribution < 1.29 is 33.8 Å². The van der Waals surface area contributed by atoms with E-state index in [-0.39, 0.29) is 95.4 Å². The normalized spacial score (nSPS) is 27.3. The van der Waals surface area contributed by atoms with E-state index in [2.05, 4.69) is 105 Å².